The summed E-state index contributed by atoms with van der Waals surface area (Å²) in [5.74, 6) is -1.92. The zero-order chi connectivity index (χ0) is 24.9. The monoisotopic (exact) mass is 500 g/mol. The van der Waals surface area contributed by atoms with Crippen molar-refractivity contribution in [1.29, 1.82) is 0 Å². The van der Waals surface area contributed by atoms with Crippen molar-refractivity contribution >= 4 is 33.5 Å². The highest BCUT2D eigenvalue weighted by atomic mass is 32.1. The van der Waals surface area contributed by atoms with Crippen LogP contribution < -0.4 is 10.6 Å². The van der Waals surface area contributed by atoms with Gasteiger partial charge in [0.2, 0.25) is 10.3 Å². The number of methoxy groups -OCH3 is 1. The molecule has 1 aromatic carbocycles. The molecule has 35 heavy (non-hydrogen) atoms. The normalized spacial score (nSPS) is 18.6. The predicted molar refractivity (Wildman–Crippen MR) is 127 cm³/mol. The van der Waals surface area contributed by atoms with E-state index in [-0.39, 0.29) is 28.2 Å². The molecule has 1 atom stereocenters. The lowest BCUT2D eigenvalue weighted by Crippen LogP contribution is -2.25. The summed E-state index contributed by atoms with van der Waals surface area (Å²) in [7, 11) is 1.35. The molecular weight excluding hydrogens is 475 g/mol. The summed E-state index contributed by atoms with van der Waals surface area (Å²) in [6, 6.07) is 6.26. The van der Waals surface area contributed by atoms with E-state index in [1.807, 2.05) is 6.92 Å². The van der Waals surface area contributed by atoms with E-state index in [0.29, 0.717) is 10.8 Å². The maximum Gasteiger partial charge on any atom is 0.337 e. The van der Waals surface area contributed by atoms with Crippen molar-refractivity contribution in [3.63, 3.8) is 0 Å². The molecule has 1 aliphatic rings. The summed E-state index contributed by atoms with van der Waals surface area (Å²) in [4.78, 5) is 23.9. The Labute approximate surface area is 205 Å². The van der Waals surface area contributed by atoms with Gasteiger partial charge in [-0.3, -0.25) is 10.1 Å². The first kappa shape index (κ1) is 24.6. The van der Waals surface area contributed by atoms with E-state index in [2.05, 4.69) is 31.0 Å². The molecule has 0 aliphatic heterocycles. The van der Waals surface area contributed by atoms with Gasteiger partial charge in [-0.2, -0.15) is 10.2 Å². The Morgan fingerprint density at radius 2 is 1.89 bits per heavy atom. The summed E-state index contributed by atoms with van der Waals surface area (Å²) in [6.07, 6.45) is 3.46. The average molecular weight is 501 g/mol. The molecule has 0 unspecified atom stereocenters. The van der Waals surface area contributed by atoms with Crippen LogP contribution in [-0.4, -0.2) is 50.5 Å². The minimum atomic E-state index is -1.12. The van der Waals surface area contributed by atoms with Crippen molar-refractivity contribution in [1.82, 2.24) is 20.4 Å². The number of carbonyl (C=O) groups is 2. The lowest BCUT2D eigenvalue weighted by atomic mass is 9.84. The van der Waals surface area contributed by atoms with Crippen LogP contribution in [0.4, 0.5) is 14.7 Å². The summed E-state index contributed by atoms with van der Waals surface area (Å²) in [6.45, 7) is 1.81. The first-order chi connectivity index (χ1) is 16.8. The molecule has 1 aliphatic carbocycles. The summed E-state index contributed by atoms with van der Waals surface area (Å²) < 4.78 is 19.5. The number of aryl methyl sites for hydroxylation is 1. The van der Waals surface area contributed by atoms with Crippen LogP contribution in [0.3, 0.4) is 0 Å². The Hall–Kier alpha value is -3.51. The smallest absolute Gasteiger partial charge is 0.337 e. The van der Waals surface area contributed by atoms with Crippen LogP contribution in [0, 0.1) is 12.7 Å². The van der Waals surface area contributed by atoms with E-state index in [1.165, 1.54) is 30.7 Å². The Bertz CT molecular complexity index is 1210. The average Bonchev–Trinajstić information content (AvgIpc) is 3.28. The minimum Gasteiger partial charge on any atom is -0.478 e. The SMILES string of the molecule is CO[C@@H](C(=O)Nc1nnc(NC2CCC(c3cc(C(=O)O)cnn3)CC2)s1)c1cc(C)ccc1F. The van der Waals surface area contributed by atoms with E-state index in [9.17, 15) is 14.0 Å². The third kappa shape index (κ3) is 5.95. The molecule has 12 heteroatoms. The molecule has 0 spiro atoms. The van der Waals surface area contributed by atoms with Gasteiger partial charge in [0, 0.05) is 24.6 Å². The maximum atomic E-state index is 14.2. The van der Waals surface area contributed by atoms with Crippen LogP contribution in [0.2, 0.25) is 0 Å². The van der Waals surface area contributed by atoms with Gasteiger partial charge in [-0.15, -0.1) is 10.2 Å². The highest BCUT2D eigenvalue weighted by Gasteiger charge is 2.27. The lowest BCUT2D eigenvalue weighted by molar-refractivity contribution is -0.126. The van der Waals surface area contributed by atoms with Gasteiger partial charge in [0.15, 0.2) is 6.10 Å². The number of amides is 1. The van der Waals surface area contributed by atoms with Crippen LogP contribution in [0.5, 0.6) is 0 Å². The maximum absolute atomic E-state index is 14.2. The van der Waals surface area contributed by atoms with Gasteiger partial charge in [-0.1, -0.05) is 29.0 Å². The molecule has 3 aromatic rings. The highest BCUT2D eigenvalue weighted by molar-refractivity contribution is 7.19. The van der Waals surface area contributed by atoms with Crippen molar-refractivity contribution in [3.8, 4) is 0 Å². The van der Waals surface area contributed by atoms with Crippen LogP contribution in [-0.2, 0) is 9.53 Å². The number of nitrogens with zero attached hydrogens (tertiary/aromatic N) is 4. The molecule has 1 amide bonds. The lowest BCUT2D eigenvalue weighted by Gasteiger charge is -2.28. The molecule has 0 bridgehead atoms. The van der Waals surface area contributed by atoms with Gasteiger partial charge < -0.3 is 15.2 Å². The zero-order valence-electron chi connectivity index (χ0n) is 19.2. The fraction of sp³-hybridized carbons (Fsp3) is 0.391. The minimum absolute atomic E-state index is 0.138. The molecular formula is C23H25FN6O4S. The number of benzene rings is 1. The number of aromatic carboxylic acids is 1. The molecule has 10 nitrogen and oxygen atoms in total. The number of carboxylic acids is 1. The van der Waals surface area contributed by atoms with E-state index in [1.54, 1.807) is 18.2 Å². The number of nitrogens with one attached hydrogen (secondary N) is 2. The molecule has 0 radical (unpaired) electrons. The molecule has 4 rings (SSSR count). The largest absolute Gasteiger partial charge is 0.478 e. The highest BCUT2D eigenvalue weighted by Crippen LogP contribution is 2.34. The van der Waals surface area contributed by atoms with Gasteiger partial charge in [-0.05, 0) is 44.7 Å². The molecule has 0 saturated heterocycles. The Balaban J connectivity index is 1.32. The van der Waals surface area contributed by atoms with Crippen LogP contribution in [0.15, 0.2) is 30.5 Å². The van der Waals surface area contributed by atoms with Crippen LogP contribution in [0.1, 0.15) is 64.9 Å². The van der Waals surface area contributed by atoms with Crippen molar-refractivity contribution in [2.24, 2.45) is 0 Å². The molecule has 184 valence electrons. The van der Waals surface area contributed by atoms with Crippen molar-refractivity contribution in [3.05, 3.63) is 58.7 Å². The Kier molecular flexibility index (Phi) is 7.61. The van der Waals surface area contributed by atoms with Crippen LogP contribution in [0.25, 0.3) is 0 Å². The zero-order valence-corrected chi connectivity index (χ0v) is 20.0. The quantitative estimate of drug-likeness (QED) is 0.420. The number of anilines is 2. The van der Waals surface area contributed by atoms with Crippen molar-refractivity contribution < 1.29 is 23.8 Å². The van der Waals surface area contributed by atoms with Gasteiger partial charge in [0.25, 0.3) is 5.91 Å². The third-order valence-corrected chi connectivity index (χ3v) is 6.73. The first-order valence-electron chi connectivity index (χ1n) is 11.1. The van der Waals surface area contributed by atoms with Gasteiger partial charge >= 0.3 is 5.97 Å². The van der Waals surface area contributed by atoms with E-state index >= 15 is 0 Å². The standard InChI is InChI=1S/C23H25FN6O4S/c1-12-3-8-17(24)16(9-12)19(34-2)20(31)27-23-30-29-22(35-23)26-15-6-4-13(5-7-15)18-10-14(21(32)33)11-25-28-18/h3,8-11,13,15,19H,4-7H2,1-2H3,(H,26,29)(H,32,33)(H,27,30,31)/t13?,15?,19-/m1/s1. The van der Waals surface area contributed by atoms with E-state index < -0.39 is 23.8 Å². The fourth-order valence-electron chi connectivity index (χ4n) is 4.15. The second-order valence-electron chi connectivity index (χ2n) is 8.41. The molecule has 1 saturated carbocycles. The molecule has 2 aromatic heterocycles. The van der Waals surface area contributed by atoms with Gasteiger partial charge in [0.1, 0.15) is 5.82 Å². The summed E-state index contributed by atoms with van der Waals surface area (Å²) in [5.41, 5.74) is 1.81. The predicted octanol–water partition coefficient (Wildman–Crippen LogP) is 3.94. The van der Waals surface area contributed by atoms with Crippen LogP contribution >= 0.6 is 11.3 Å². The Morgan fingerprint density at radius 3 is 2.60 bits per heavy atom. The third-order valence-electron chi connectivity index (χ3n) is 5.96. The molecule has 1 fully saturated rings. The number of carboxylic acid groups (broad SMARTS) is 1. The first-order valence-corrected chi connectivity index (χ1v) is 11.9. The van der Waals surface area contributed by atoms with Gasteiger partial charge in [-0.25, -0.2) is 9.18 Å². The number of halogens is 1. The fourth-order valence-corrected chi connectivity index (χ4v) is 4.87. The number of aromatic nitrogens is 4. The van der Waals surface area contributed by atoms with E-state index in [4.69, 9.17) is 9.84 Å². The number of carbonyl (C=O) groups excluding carboxylic acids is 1. The summed E-state index contributed by atoms with van der Waals surface area (Å²) in [5, 5.41) is 32.0. The van der Waals surface area contributed by atoms with Crippen molar-refractivity contribution in [2.45, 2.75) is 50.7 Å². The van der Waals surface area contributed by atoms with Gasteiger partial charge in [0.05, 0.1) is 17.5 Å². The topological polar surface area (TPSA) is 139 Å². The number of ether oxygens (including phenoxy) is 1. The molecule has 3 N–H and O–H groups in total. The number of rotatable bonds is 8. The number of hydrogen-bond donors (Lipinski definition) is 3. The number of hydrogen-bond acceptors (Lipinski definition) is 9. The molecule has 2 heterocycles. The Morgan fingerprint density at radius 1 is 1.14 bits per heavy atom. The van der Waals surface area contributed by atoms with Crippen molar-refractivity contribution in [2.75, 3.05) is 17.7 Å². The second kappa shape index (κ2) is 10.8. The van der Waals surface area contributed by atoms with E-state index in [0.717, 1.165) is 31.2 Å². The summed E-state index contributed by atoms with van der Waals surface area (Å²) >= 11 is 1.19. The second-order valence-corrected chi connectivity index (χ2v) is 9.39.